The molecule has 17 heavy (non-hydrogen) atoms. The van der Waals surface area contributed by atoms with E-state index in [0.29, 0.717) is 0 Å². The molecule has 1 fully saturated rings. The highest BCUT2D eigenvalue weighted by Crippen LogP contribution is 2.38. The second kappa shape index (κ2) is 5.15. The van der Waals surface area contributed by atoms with Crippen LogP contribution in [0, 0.1) is 5.92 Å². The van der Waals surface area contributed by atoms with Crippen molar-refractivity contribution in [2.24, 2.45) is 11.7 Å². The Morgan fingerprint density at radius 1 is 1.41 bits per heavy atom. The number of aromatic nitrogens is 1. The van der Waals surface area contributed by atoms with Gasteiger partial charge in [-0.15, -0.1) is 0 Å². The van der Waals surface area contributed by atoms with Crippen molar-refractivity contribution >= 4 is 0 Å². The topological polar surface area (TPSA) is 42.2 Å². The molecule has 0 aromatic carbocycles. The maximum Gasteiger partial charge on any atom is 0.0306 e. The molecule has 0 bridgehead atoms. The van der Waals surface area contributed by atoms with Crippen LogP contribution >= 0.6 is 0 Å². The van der Waals surface area contributed by atoms with E-state index in [1.165, 1.54) is 24.8 Å². The molecule has 2 rings (SSSR count). The van der Waals surface area contributed by atoms with E-state index in [9.17, 15) is 0 Å². The summed E-state index contributed by atoms with van der Waals surface area (Å²) in [6, 6.07) is 4.15. The van der Waals surface area contributed by atoms with Crippen LogP contribution in [-0.2, 0) is 6.54 Å². The summed E-state index contributed by atoms with van der Waals surface area (Å²) in [4.78, 5) is 6.44. The summed E-state index contributed by atoms with van der Waals surface area (Å²) in [6.07, 6.45) is 7.70. The van der Waals surface area contributed by atoms with Crippen molar-refractivity contribution in [1.82, 2.24) is 9.88 Å². The molecule has 3 nitrogen and oxygen atoms in total. The molecule has 94 valence electrons. The first-order chi connectivity index (χ1) is 8.14. The minimum atomic E-state index is 0.129. The zero-order valence-corrected chi connectivity index (χ0v) is 10.9. The third-order valence-corrected chi connectivity index (χ3v) is 3.96. The molecule has 1 aromatic rings. The quantitative estimate of drug-likeness (QED) is 0.817. The van der Waals surface area contributed by atoms with Gasteiger partial charge >= 0.3 is 0 Å². The smallest absolute Gasteiger partial charge is 0.0306 e. The molecule has 0 amide bonds. The van der Waals surface area contributed by atoms with Gasteiger partial charge in [-0.25, -0.2) is 0 Å². The first-order valence-electron chi connectivity index (χ1n) is 6.44. The van der Waals surface area contributed by atoms with Gasteiger partial charge in [0.25, 0.3) is 0 Å². The van der Waals surface area contributed by atoms with Crippen molar-refractivity contribution in [3.8, 4) is 0 Å². The maximum absolute atomic E-state index is 5.98. The van der Waals surface area contributed by atoms with Crippen molar-refractivity contribution < 1.29 is 0 Å². The van der Waals surface area contributed by atoms with Gasteiger partial charge in [-0.3, -0.25) is 9.88 Å². The van der Waals surface area contributed by atoms with E-state index in [4.69, 9.17) is 5.73 Å². The summed E-state index contributed by atoms with van der Waals surface area (Å²) >= 11 is 0. The van der Waals surface area contributed by atoms with Crippen molar-refractivity contribution in [2.75, 3.05) is 13.6 Å². The van der Waals surface area contributed by atoms with E-state index < -0.39 is 0 Å². The second-order valence-electron chi connectivity index (χ2n) is 5.56. The van der Waals surface area contributed by atoms with Crippen LogP contribution in [0.3, 0.4) is 0 Å². The van der Waals surface area contributed by atoms with Gasteiger partial charge in [-0.05, 0) is 44.0 Å². The summed E-state index contributed by atoms with van der Waals surface area (Å²) in [7, 11) is 2.18. The van der Waals surface area contributed by atoms with Crippen LogP contribution in [-0.4, -0.2) is 29.0 Å². The Morgan fingerprint density at radius 2 is 2.06 bits per heavy atom. The zero-order chi connectivity index (χ0) is 12.3. The molecular formula is C14H23N3. The van der Waals surface area contributed by atoms with Gasteiger partial charge in [0.05, 0.1) is 0 Å². The van der Waals surface area contributed by atoms with Crippen LogP contribution in [0.5, 0.6) is 0 Å². The molecule has 1 heterocycles. The summed E-state index contributed by atoms with van der Waals surface area (Å²) in [5.41, 5.74) is 7.42. The van der Waals surface area contributed by atoms with Crippen LogP contribution in [0.4, 0.5) is 0 Å². The largest absolute Gasteiger partial charge is 0.329 e. The van der Waals surface area contributed by atoms with Crippen LogP contribution in [0.15, 0.2) is 24.5 Å². The normalized spacial score (nSPS) is 19.3. The lowest BCUT2D eigenvalue weighted by molar-refractivity contribution is 0.119. The van der Waals surface area contributed by atoms with Gasteiger partial charge in [0, 0.05) is 31.0 Å². The molecule has 1 unspecified atom stereocenters. The highest BCUT2D eigenvalue weighted by atomic mass is 15.2. The van der Waals surface area contributed by atoms with Crippen molar-refractivity contribution in [3.63, 3.8) is 0 Å². The minimum absolute atomic E-state index is 0.129. The Balaban J connectivity index is 1.98. The lowest BCUT2D eigenvalue weighted by atomic mass is 9.92. The van der Waals surface area contributed by atoms with E-state index in [0.717, 1.165) is 19.0 Å². The average Bonchev–Trinajstić information content (AvgIpc) is 3.14. The highest BCUT2D eigenvalue weighted by molar-refractivity contribution is 5.10. The van der Waals surface area contributed by atoms with Gasteiger partial charge in [0.1, 0.15) is 0 Å². The molecule has 3 heteroatoms. The third kappa shape index (κ3) is 3.27. The van der Waals surface area contributed by atoms with E-state index in [1.54, 1.807) is 0 Å². The SMILES string of the molecule is CN(Cc1ccncc1)C(C)(CN)CC1CC1. The van der Waals surface area contributed by atoms with Crippen LogP contribution < -0.4 is 5.73 Å². The molecule has 1 aromatic heterocycles. The van der Waals surface area contributed by atoms with Crippen molar-refractivity contribution in [2.45, 2.75) is 38.3 Å². The van der Waals surface area contributed by atoms with E-state index in [1.807, 2.05) is 12.4 Å². The fourth-order valence-corrected chi connectivity index (χ4v) is 2.29. The Morgan fingerprint density at radius 3 is 2.59 bits per heavy atom. The number of nitrogens with two attached hydrogens (primary N) is 1. The molecule has 0 aliphatic heterocycles. The van der Waals surface area contributed by atoms with Gasteiger partial charge < -0.3 is 5.73 Å². The molecule has 0 saturated heterocycles. The number of hydrogen-bond acceptors (Lipinski definition) is 3. The first-order valence-corrected chi connectivity index (χ1v) is 6.44. The molecule has 2 N–H and O–H groups in total. The Hall–Kier alpha value is -0.930. The second-order valence-corrected chi connectivity index (χ2v) is 5.56. The molecule has 0 spiro atoms. The molecular weight excluding hydrogens is 210 g/mol. The fourth-order valence-electron chi connectivity index (χ4n) is 2.29. The van der Waals surface area contributed by atoms with Gasteiger partial charge in [0.2, 0.25) is 0 Å². The minimum Gasteiger partial charge on any atom is -0.329 e. The molecule has 0 radical (unpaired) electrons. The Labute approximate surface area is 104 Å². The van der Waals surface area contributed by atoms with Gasteiger partial charge in [-0.2, -0.15) is 0 Å². The number of rotatable bonds is 6. The van der Waals surface area contributed by atoms with Gasteiger partial charge in [-0.1, -0.05) is 12.8 Å². The van der Waals surface area contributed by atoms with Gasteiger partial charge in [0.15, 0.2) is 0 Å². The van der Waals surface area contributed by atoms with Crippen LogP contribution in [0.2, 0.25) is 0 Å². The number of pyridine rings is 1. The summed E-state index contributed by atoms with van der Waals surface area (Å²) in [5.74, 6) is 0.906. The van der Waals surface area contributed by atoms with Crippen LogP contribution in [0.25, 0.3) is 0 Å². The van der Waals surface area contributed by atoms with E-state index in [2.05, 4.69) is 36.0 Å². The maximum atomic E-state index is 5.98. The van der Waals surface area contributed by atoms with Crippen molar-refractivity contribution in [1.29, 1.82) is 0 Å². The van der Waals surface area contributed by atoms with E-state index in [-0.39, 0.29) is 5.54 Å². The molecule has 1 aliphatic carbocycles. The Kier molecular flexibility index (Phi) is 3.79. The lowest BCUT2D eigenvalue weighted by Gasteiger charge is -2.38. The summed E-state index contributed by atoms with van der Waals surface area (Å²) in [6.45, 7) is 3.96. The predicted molar refractivity (Wildman–Crippen MR) is 70.5 cm³/mol. The fraction of sp³-hybridized carbons (Fsp3) is 0.643. The van der Waals surface area contributed by atoms with E-state index >= 15 is 0 Å². The summed E-state index contributed by atoms with van der Waals surface area (Å²) in [5, 5.41) is 0. The first kappa shape index (κ1) is 12.5. The molecule has 1 saturated carbocycles. The summed E-state index contributed by atoms with van der Waals surface area (Å²) < 4.78 is 0. The highest BCUT2D eigenvalue weighted by Gasteiger charge is 2.35. The average molecular weight is 233 g/mol. The number of likely N-dealkylation sites (N-methyl/N-ethyl adjacent to an activating group) is 1. The predicted octanol–water partition coefficient (Wildman–Crippen LogP) is 2.03. The number of nitrogens with zero attached hydrogens (tertiary/aromatic N) is 2. The lowest BCUT2D eigenvalue weighted by Crippen LogP contribution is -2.49. The Bertz CT molecular complexity index is 348. The van der Waals surface area contributed by atoms with Crippen LogP contribution in [0.1, 0.15) is 31.7 Å². The number of hydrogen-bond donors (Lipinski definition) is 1. The standard InChI is InChI=1S/C14H23N3/c1-14(11-15,9-12-3-4-12)17(2)10-13-5-7-16-8-6-13/h5-8,12H,3-4,9-11,15H2,1-2H3. The third-order valence-electron chi connectivity index (χ3n) is 3.96. The molecule has 1 atom stereocenters. The zero-order valence-electron chi connectivity index (χ0n) is 10.9. The van der Waals surface area contributed by atoms with Crippen molar-refractivity contribution in [3.05, 3.63) is 30.1 Å². The monoisotopic (exact) mass is 233 g/mol. The molecule has 1 aliphatic rings.